The highest BCUT2D eigenvalue weighted by Gasteiger charge is 2.14. The van der Waals surface area contributed by atoms with Gasteiger partial charge in [0.25, 0.3) is 0 Å². The SMILES string of the molecule is COC(=O)CCCCCCC(=O)Nc1cc(OC)c(NC(=O)Nc2cnc(C#N)cn2)cc1Cl. The molecule has 180 valence electrons. The van der Waals surface area contributed by atoms with Gasteiger partial charge in [-0.2, -0.15) is 5.26 Å². The maximum Gasteiger partial charge on any atom is 0.325 e. The van der Waals surface area contributed by atoms with Gasteiger partial charge in [-0.05, 0) is 18.9 Å². The molecule has 0 saturated heterocycles. The summed E-state index contributed by atoms with van der Waals surface area (Å²) in [5.41, 5.74) is 0.740. The summed E-state index contributed by atoms with van der Waals surface area (Å²) in [6.45, 7) is 0. The van der Waals surface area contributed by atoms with E-state index in [2.05, 4.69) is 30.7 Å². The van der Waals surface area contributed by atoms with Crippen LogP contribution in [-0.2, 0) is 14.3 Å². The van der Waals surface area contributed by atoms with Crippen LogP contribution in [0.4, 0.5) is 22.0 Å². The Balaban J connectivity index is 1.89. The molecule has 0 saturated carbocycles. The van der Waals surface area contributed by atoms with Gasteiger partial charge in [0.1, 0.15) is 11.8 Å². The first-order valence-electron chi connectivity index (χ1n) is 10.4. The van der Waals surface area contributed by atoms with E-state index in [4.69, 9.17) is 21.6 Å². The number of amides is 3. The zero-order chi connectivity index (χ0) is 24.9. The number of esters is 1. The largest absolute Gasteiger partial charge is 0.494 e. The summed E-state index contributed by atoms with van der Waals surface area (Å²) in [6.07, 6.45) is 6.17. The van der Waals surface area contributed by atoms with Crippen LogP contribution in [0.3, 0.4) is 0 Å². The Kier molecular flexibility index (Phi) is 10.5. The number of hydrogen-bond acceptors (Lipinski definition) is 8. The lowest BCUT2D eigenvalue weighted by Crippen LogP contribution is -2.21. The average molecular weight is 489 g/mol. The fourth-order valence-electron chi connectivity index (χ4n) is 2.86. The fourth-order valence-corrected chi connectivity index (χ4v) is 3.07. The number of nitriles is 1. The maximum atomic E-state index is 12.3. The molecule has 3 amide bonds. The van der Waals surface area contributed by atoms with E-state index in [1.54, 1.807) is 0 Å². The lowest BCUT2D eigenvalue weighted by Gasteiger charge is -2.14. The lowest BCUT2D eigenvalue weighted by molar-refractivity contribution is -0.140. The highest BCUT2D eigenvalue weighted by Crippen LogP contribution is 2.34. The van der Waals surface area contributed by atoms with Crippen molar-refractivity contribution in [2.75, 3.05) is 30.2 Å². The standard InChI is InChI=1S/C22H25ClN6O5/c1-33-18-10-16(27-20(30)7-5-3-4-6-8-21(31)34-2)15(23)9-17(18)28-22(32)29-19-13-25-14(11-24)12-26-19/h9-10,12-13H,3-8H2,1-2H3,(H,27,30)(H2,26,28,29,32). The van der Waals surface area contributed by atoms with E-state index in [9.17, 15) is 14.4 Å². The second-order valence-electron chi connectivity index (χ2n) is 7.05. The van der Waals surface area contributed by atoms with Crippen molar-refractivity contribution in [1.82, 2.24) is 9.97 Å². The van der Waals surface area contributed by atoms with Crippen molar-refractivity contribution >= 4 is 46.7 Å². The molecular weight excluding hydrogens is 464 g/mol. The Hall–Kier alpha value is -3.91. The summed E-state index contributed by atoms with van der Waals surface area (Å²) in [7, 11) is 2.77. The van der Waals surface area contributed by atoms with Gasteiger partial charge in [0.15, 0.2) is 11.5 Å². The molecule has 1 heterocycles. The third kappa shape index (κ3) is 8.55. The molecule has 1 aromatic carbocycles. The van der Waals surface area contributed by atoms with Crippen molar-refractivity contribution in [2.45, 2.75) is 38.5 Å². The zero-order valence-corrected chi connectivity index (χ0v) is 19.6. The normalized spacial score (nSPS) is 10.1. The lowest BCUT2D eigenvalue weighted by atomic mass is 10.1. The number of ether oxygens (including phenoxy) is 2. The predicted octanol–water partition coefficient (Wildman–Crippen LogP) is 4.11. The van der Waals surface area contributed by atoms with Crippen LogP contribution in [0.2, 0.25) is 5.02 Å². The number of carbonyl (C=O) groups is 3. The highest BCUT2D eigenvalue weighted by atomic mass is 35.5. The first kappa shape index (κ1) is 26.3. The number of benzene rings is 1. The van der Waals surface area contributed by atoms with Gasteiger partial charge >= 0.3 is 12.0 Å². The number of carbonyl (C=O) groups excluding carboxylic acids is 3. The van der Waals surface area contributed by atoms with Crippen molar-refractivity contribution in [3.8, 4) is 11.8 Å². The Morgan fingerprint density at radius 3 is 2.32 bits per heavy atom. The van der Waals surface area contributed by atoms with E-state index in [1.165, 1.54) is 38.7 Å². The number of anilines is 3. The molecule has 34 heavy (non-hydrogen) atoms. The van der Waals surface area contributed by atoms with E-state index in [1.807, 2.05) is 6.07 Å². The van der Waals surface area contributed by atoms with Crippen molar-refractivity contribution in [2.24, 2.45) is 0 Å². The maximum absolute atomic E-state index is 12.3. The Morgan fingerprint density at radius 1 is 0.971 bits per heavy atom. The van der Waals surface area contributed by atoms with Gasteiger partial charge in [-0.25, -0.2) is 14.8 Å². The Morgan fingerprint density at radius 2 is 1.71 bits per heavy atom. The molecular formula is C22H25ClN6O5. The monoisotopic (exact) mass is 488 g/mol. The second-order valence-corrected chi connectivity index (χ2v) is 7.46. The van der Waals surface area contributed by atoms with Crippen molar-refractivity contribution in [3.63, 3.8) is 0 Å². The molecule has 0 bridgehead atoms. The van der Waals surface area contributed by atoms with Crippen molar-refractivity contribution in [3.05, 3.63) is 35.2 Å². The Labute approximate surface area is 201 Å². The number of halogens is 1. The van der Waals surface area contributed by atoms with E-state index in [-0.39, 0.29) is 39.8 Å². The van der Waals surface area contributed by atoms with Crippen LogP contribution in [0, 0.1) is 11.3 Å². The van der Waals surface area contributed by atoms with Crippen LogP contribution in [0.15, 0.2) is 24.5 Å². The first-order chi connectivity index (χ1) is 16.4. The molecule has 11 nitrogen and oxygen atoms in total. The molecule has 0 aliphatic carbocycles. The first-order valence-corrected chi connectivity index (χ1v) is 10.8. The summed E-state index contributed by atoms with van der Waals surface area (Å²) < 4.78 is 9.89. The van der Waals surface area contributed by atoms with Crippen molar-refractivity contribution in [1.29, 1.82) is 5.26 Å². The van der Waals surface area contributed by atoms with Gasteiger partial charge in [0, 0.05) is 18.9 Å². The summed E-state index contributed by atoms with van der Waals surface area (Å²) in [6, 6.07) is 4.17. The molecule has 0 aliphatic rings. The minimum atomic E-state index is -0.627. The molecule has 0 fully saturated rings. The van der Waals surface area contributed by atoms with Crippen LogP contribution >= 0.6 is 11.6 Å². The molecule has 0 unspecified atom stereocenters. The molecule has 1 aromatic heterocycles. The third-order valence-electron chi connectivity index (χ3n) is 4.58. The van der Waals surface area contributed by atoms with E-state index in [0.29, 0.717) is 24.9 Å². The van der Waals surface area contributed by atoms with E-state index in [0.717, 1.165) is 19.3 Å². The van der Waals surface area contributed by atoms with Gasteiger partial charge in [-0.1, -0.05) is 24.4 Å². The summed E-state index contributed by atoms with van der Waals surface area (Å²) in [5, 5.41) is 16.8. The molecule has 0 spiro atoms. The number of urea groups is 1. The van der Waals surface area contributed by atoms with Crippen LogP contribution in [-0.4, -0.2) is 42.1 Å². The highest BCUT2D eigenvalue weighted by molar-refractivity contribution is 6.34. The van der Waals surface area contributed by atoms with Gasteiger partial charge < -0.3 is 20.1 Å². The number of hydrogen-bond donors (Lipinski definition) is 3. The third-order valence-corrected chi connectivity index (χ3v) is 4.89. The molecule has 12 heteroatoms. The number of aromatic nitrogens is 2. The number of methoxy groups -OCH3 is 2. The molecule has 0 radical (unpaired) electrons. The van der Waals surface area contributed by atoms with Gasteiger partial charge in [0.2, 0.25) is 5.91 Å². The molecule has 3 N–H and O–H groups in total. The van der Waals surface area contributed by atoms with Gasteiger partial charge in [0.05, 0.1) is 43.0 Å². The quantitative estimate of drug-likeness (QED) is 0.315. The van der Waals surface area contributed by atoms with E-state index < -0.39 is 6.03 Å². The molecule has 0 atom stereocenters. The van der Waals surface area contributed by atoms with E-state index >= 15 is 0 Å². The summed E-state index contributed by atoms with van der Waals surface area (Å²) in [4.78, 5) is 43.3. The molecule has 2 aromatic rings. The van der Waals surface area contributed by atoms with Gasteiger partial charge in [-0.3, -0.25) is 14.9 Å². The number of nitrogens with zero attached hydrogens (tertiary/aromatic N) is 3. The molecule has 2 rings (SSSR count). The summed E-state index contributed by atoms with van der Waals surface area (Å²) in [5.74, 6) is -0.0197. The zero-order valence-electron chi connectivity index (χ0n) is 18.8. The topological polar surface area (TPSA) is 155 Å². The smallest absolute Gasteiger partial charge is 0.325 e. The average Bonchev–Trinajstić information content (AvgIpc) is 2.83. The summed E-state index contributed by atoms with van der Waals surface area (Å²) >= 11 is 6.29. The van der Waals surface area contributed by atoms with Gasteiger partial charge in [-0.15, -0.1) is 0 Å². The van der Waals surface area contributed by atoms with Crippen LogP contribution in [0.5, 0.6) is 5.75 Å². The minimum absolute atomic E-state index is 0.121. The predicted molar refractivity (Wildman–Crippen MR) is 126 cm³/mol. The number of rotatable bonds is 11. The minimum Gasteiger partial charge on any atom is -0.494 e. The van der Waals surface area contributed by atoms with Crippen LogP contribution < -0.4 is 20.7 Å². The second kappa shape index (κ2) is 13.6. The van der Waals surface area contributed by atoms with Crippen LogP contribution in [0.25, 0.3) is 0 Å². The van der Waals surface area contributed by atoms with Crippen LogP contribution in [0.1, 0.15) is 44.2 Å². The Bertz CT molecular complexity index is 1050. The fraction of sp³-hybridized carbons (Fsp3) is 0.364. The van der Waals surface area contributed by atoms with Crippen molar-refractivity contribution < 1.29 is 23.9 Å². The number of unbranched alkanes of at least 4 members (excludes halogenated alkanes) is 3. The number of nitrogens with one attached hydrogen (secondary N) is 3. The molecule has 0 aliphatic heterocycles.